The molecule has 2 rings (SSSR count). The van der Waals surface area contributed by atoms with Crippen LogP contribution in [0.4, 0.5) is 5.82 Å². The van der Waals surface area contributed by atoms with Gasteiger partial charge in [0, 0.05) is 19.4 Å². The minimum absolute atomic E-state index is 0.240. The Balaban J connectivity index is 2.19. The Morgan fingerprint density at radius 1 is 1.50 bits per heavy atom. The number of likely N-dealkylation sites (N-methyl/N-ethyl adjacent to an activating group) is 1. The molecule has 5 nitrogen and oxygen atoms in total. The molecule has 1 unspecified atom stereocenters. The molecule has 0 saturated heterocycles. The molecule has 0 spiro atoms. The summed E-state index contributed by atoms with van der Waals surface area (Å²) < 4.78 is 2.04. The van der Waals surface area contributed by atoms with Crippen LogP contribution in [0.5, 0.6) is 0 Å². The SMILES string of the molecule is CCNC(Cc1ccnc(N)c1)c1cncn1C. The van der Waals surface area contributed by atoms with Crippen LogP contribution in [-0.2, 0) is 13.5 Å². The zero-order valence-corrected chi connectivity index (χ0v) is 10.8. The Morgan fingerprint density at radius 2 is 2.33 bits per heavy atom. The molecule has 1 atom stereocenters. The molecular formula is C13H19N5. The number of nitrogen functional groups attached to an aromatic ring is 1. The first-order valence-corrected chi connectivity index (χ1v) is 6.10. The standard InChI is InChI=1S/C13H19N5/c1-3-16-11(12-8-15-9-18(12)2)6-10-4-5-17-13(14)7-10/h4-5,7-9,11,16H,3,6H2,1-2H3,(H2,14,17). The Kier molecular flexibility index (Phi) is 3.94. The molecule has 96 valence electrons. The third-order valence-corrected chi connectivity index (χ3v) is 2.95. The van der Waals surface area contributed by atoms with Crippen LogP contribution in [0.15, 0.2) is 30.9 Å². The highest BCUT2D eigenvalue weighted by Gasteiger charge is 2.14. The highest BCUT2D eigenvalue weighted by Crippen LogP contribution is 2.18. The average molecular weight is 245 g/mol. The number of hydrogen-bond donors (Lipinski definition) is 2. The maximum Gasteiger partial charge on any atom is 0.123 e. The van der Waals surface area contributed by atoms with Crippen LogP contribution in [0, 0.1) is 0 Å². The summed E-state index contributed by atoms with van der Waals surface area (Å²) in [4.78, 5) is 8.18. The summed E-state index contributed by atoms with van der Waals surface area (Å²) in [5.74, 6) is 0.563. The van der Waals surface area contributed by atoms with Crippen molar-refractivity contribution < 1.29 is 0 Å². The number of nitrogens with zero attached hydrogens (tertiary/aromatic N) is 3. The second-order valence-corrected chi connectivity index (χ2v) is 4.33. The fourth-order valence-electron chi connectivity index (χ4n) is 2.09. The van der Waals surface area contributed by atoms with Gasteiger partial charge in [0.2, 0.25) is 0 Å². The normalized spacial score (nSPS) is 12.6. The van der Waals surface area contributed by atoms with Crippen molar-refractivity contribution in [1.29, 1.82) is 0 Å². The number of nitrogens with one attached hydrogen (secondary N) is 1. The minimum atomic E-state index is 0.240. The van der Waals surface area contributed by atoms with Crippen LogP contribution in [0.3, 0.4) is 0 Å². The number of hydrogen-bond acceptors (Lipinski definition) is 4. The molecular weight excluding hydrogens is 226 g/mol. The van der Waals surface area contributed by atoms with Crippen molar-refractivity contribution in [3.63, 3.8) is 0 Å². The van der Waals surface area contributed by atoms with E-state index in [1.54, 1.807) is 6.20 Å². The van der Waals surface area contributed by atoms with E-state index in [9.17, 15) is 0 Å². The number of nitrogens with two attached hydrogens (primary N) is 1. The van der Waals surface area contributed by atoms with Crippen molar-refractivity contribution in [3.8, 4) is 0 Å². The number of anilines is 1. The molecule has 0 aromatic carbocycles. The maximum absolute atomic E-state index is 5.71. The molecule has 2 aromatic rings. The van der Waals surface area contributed by atoms with Gasteiger partial charge < -0.3 is 15.6 Å². The molecule has 5 heteroatoms. The molecule has 0 fully saturated rings. The number of rotatable bonds is 5. The Labute approximate surface area is 107 Å². The van der Waals surface area contributed by atoms with Crippen molar-refractivity contribution in [2.45, 2.75) is 19.4 Å². The van der Waals surface area contributed by atoms with E-state index >= 15 is 0 Å². The predicted molar refractivity (Wildman–Crippen MR) is 72.0 cm³/mol. The molecule has 0 amide bonds. The highest BCUT2D eigenvalue weighted by atomic mass is 15.1. The minimum Gasteiger partial charge on any atom is -0.384 e. The molecule has 18 heavy (non-hydrogen) atoms. The first-order valence-electron chi connectivity index (χ1n) is 6.10. The summed E-state index contributed by atoms with van der Waals surface area (Å²) in [6, 6.07) is 4.15. The average Bonchev–Trinajstić information content (AvgIpc) is 2.75. The maximum atomic E-state index is 5.71. The van der Waals surface area contributed by atoms with E-state index in [4.69, 9.17) is 5.73 Å². The van der Waals surface area contributed by atoms with Crippen LogP contribution in [0.25, 0.3) is 0 Å². The largest absolute Gasteiger partial charge is 0.384 e. The van der Waals surface area contributed by atoms with Crippen LogP contribution < -0.4 is 11.1 Å². The lowest BCUT2D eigenvalue weighted by Gasteiger charge is -2.18. The summed E-state index contributed by atoms with van der Waals surface area (Å²) >= 11 is 0. The highest BCUT2D eigenvalue weighted by molar-refractivity contribution is 5.32. The van der Waals surface area contributed by atoms with E-state index in [2.05, 4.69) is 22.2 Å². The second-order valence-electron chi connectivity index (χ2n) is 4.33. The first-order chi connectivity index (χ1) is 8.70. The first kappa shape index (κ1) is 12.6. The van der Waals surface area contributed by atoms with Gasteiger partial charge in [-0.15, -0.1) is 0 Å². The summed E-state index contributed by atoms with van der Waals surface area (Å²) in [5.41, 5.74) is 8.06. The molecule has 0 aliphatic heterocycles. The van der Waals surface area contributed by atoms with Gasteiger partial charge in [0.25, 0.3) is 0 Å². The summed E-state index contributed by atoms with van der Waals surface area (Å²) in [5, 5.41) is 3.47. The van der Waals surface area contributed by atoms with E-state index in [1.807, 2.05) is 36.3 Å². The molecule has 0 aliphatic carbocycles. The van der Waals surface area contributed by atoms with E-state index < -0.39 is 0 Å². The van der Waals surface area contributed by atoms with Gasteiger partial charge in [-0.3, -0.25) is 0 Å². The van der Waals surface area contributed by atoms with Gasteiger partial charge in [-0.1, -0.05) is 6.92 Å². The Morgan fingerprint density at radius 3 is 2.94 bits per heavy atom. The third-order valence-electron chi connectivity index (χ3n) is 2.95. The predicted octanol–water partition coefficient (Wildman–Crippen LogP) is 1.29. The van der Waals surface area contributed by atoms with E-state index in [-0.39, 0.29) is 6.04 Å². The quantitative estimate of drug-likeness (QED) is 0.833. The molecule has 0 bridgehead atoms. The van der Waals surface area contributed by atoms with E-state index in [0.29, 0.717) is 5.82 Å². The van der Waals surface area contributed by atoms with Gasteiger partial charge >= 0.3 is 0 Å². The second kappa shape index (κ2) is 5.64. The molecule has 0 saturated carbocycles. The van der Waals surface area contributed by atoms with E-state index in [0.717, 1.165) is 13.0 Å². The van der Waals surface area contributed by atoms with Gasteiger partial charge in [-0.05, 0) is 30.7 Å². The fraction of sp³-hybridized carbons (Fsp3) is 0.385. The number of aryl methyl sites for hydroxylation is 1. The monoisotopic (exact) mass is 245 g/mol. The number of aromatic nitrogens is 3. The van der Waals surface area contributed by atoms with Crippen molar-refractivity contribution in [2.75, 3.05) is 12.3 Å². The zero-order chi connectivity index (χ0) is 13.0. The molecule has 2 aromatic heterocycles. The van der Waals surface area contributed by atoms with Crippen molar-refractivity contribution >= 4 is 5.82 Å². The van der Waals surface area contributed by atoms with Gasteiger partial charge in [-0.25, -0.2) is 9.97 Å². The van der Waals surface area contributed by atoms with Gasteiger partial charge in [0.15, 0.2) is 0 Å². The van der Waals surface area contributed by atoms with Crippen LogP contribution in [0.2, 0.25) is 0 Å². The zero-order valence-electron chi connectivity index (χ0n) is 10.8. The third kappa shape index (κ3) is 2.87. The Bertz CT molecular complexity index is 506. The number of pyridine rings is 1. The van der Waals surface area contributed by atoms with Crippen LogP contribution >= 0.6 is 0 Å². The van der Waals surface area contributed by atoms with Gasteiger partial charge in [-0.2, -0.15) is 0 Å². The summed E-state index contributed by atoms with van der Waals surface area (Å²) in [7, 11) is 2.01. The molecule has 0 aliphatic rings. The molecule has 2 heterocycles. The van der Waals surface area contributed by atoms with Crippen molar-refractivity contribution in [1.82, 2.24) is 19.9 Å². The number of imidazole rings is 1. The fourth-order valence-corrected chi connectivity index (χ4v) is 2.09. The van der Waals surface area contributed by atoms with Gasteiger partial charge in [0.05, 0.1) is 18.1 Å². The lowest BCUT2D eigenvalue weighted by Crippen LogP contribution is -2.24. The molecule has 3 N–H and O–H groups in total. The summed E-state index contributed by atoms with van der Waals surface area (Å²) in [6.45, 7) is 3.01. The lowest BCUT2D eigenvalue weighted by molar-refractivity contribution is 0.520. The van der Waals surface area contributed by atoms with Crippen LogP contribution in [0.1, 0.15) is 24.2 Å². The smallest absolute Gasteiger partial charge is 0.123 e. The van der Waals surface area contributed by atoms with Crippen LogP contribution in [-0.4, -0.2) is 21.1 Å². The topological polar surface area (TPSA) is 68.8 Å². The lowest BCUT2D eigenvalue weighted by atomic mass is 10.0. The van der Waals surface area contributed by atoms with Gasteiger partial charge in [0.1, 0.15) is 5.82 Å². The van der Waals surface area contributed by atoms with Crippen molar-refractivity contribution in [3.05, 3.63) is 42.1 Å². The summed E-state index contributed by atoms with van der Waals surface area (Å²) in [6.07, 6.45) is 6.34. The molecule has 0 radical (unpaired) electrons. The van der Waals surface area contributed by atoms with E-state index in [1.165, 1.54) is 11.3 Å². The van der Waals surface area contributed by atoms with Crippen molar-refractivity contribution in [2.24, 2.45) is 7.05 Å². The Hall–Kier alpha value is -1.88.